The summed E-state index contributed by atoms with van der Waals surface area (Å²) in [6.45, 7) is 0. The number of hydrogen-bond acceptors (Lipinski definition) is 4. The molecule has 0 aliphatic rings. The lowest BCUT2D eigenvalue weighted by Gasteiger charge is -2.09. The Morgan fingerprint density at radius 3 is 2.65 bits per heavy atom. The molecule has 2 aromatic carbocycles. The van der Waals surface area contributed by atoms with Crippen LogP contribution < -0.4 is 4.72 Å². The maximum atomic E-state index is 13.4. The van der Waals surface area contributed by atoms with E-state index in [1.807, 2.05) is 11.4 Å². The van der Waals surface area contributed by atoms with Crippen LogP contribution in [0.1, 0.15) is 10.4 Å². The fourth-order valence-corrected chi connectivity index (χ4v) is 3.93. The van der Waals surface area contributed by atoms with E-state index in [1.165, 1.54) is 11.3 Å². The second kappa shape index (κ2) is 5.64. The number of thiophene rings is 1. The number of anilines is 1. The second-order valence-corrected chi connectivity index (χ2v) is 7.36. The highest BCUT2D eigenvalue weighted by atomic mass is 32.2. The summed E-state index contributed by atoms with van der Waals surface area (Å²) in [6, 6.07) is 9.56. The molecule has 3 rings (SSSR count). The summed E-state index contributed by atoms with van der Waals surface area (Å²) in [7, 11) is -4.01. The molecule has 5 nitrogen and oxygen atoms in total. The molecule has 8 heteroatoms. The van der Waals surface area contributed by atoms with Crippen LogP contribution in [0.2, 0.25) is 0 Å². The molecule has 0 atom stereocenters. The van der Waals surface area contributed by atoms with Gasteiger partial charge in [-0.05, 0) is 53.2 Å². The average Bonchev–Trinajstić information content (AvgIpc) is 2.94. The van der Waals surface area contributed by atoms with Gasteiger partial charge in [0.25, 0.3) is 10.0 Å². The van der Waals surface area contributed by atoms with Gasteiger partial charge in [0.05, 0.1) is 10.5 Å². The van der Waals surface area contributed by atoms with Gasteiger partial charge in [0.1, 0.15) is 5.82 Å². The van der Waals surface area contributed by atoms with Crippen molar-refractivity contribution in [2.45, 2.75) is 4.90 Å². The minimum absolute atomic E-state index is 0.318. The summed E-state index contributed by atoms with van der Waals surface area (Å²) in [4.78, 5) is 10.6. The first-order chi connectivity index (χ1) is 10.9. The number of hydrogen-bond donors (Lipinski definition) is 2. The second-order valence-electron chi connectivity index (χ2n) is 4.73. The highest BCUT2D eigenvalue weighted by Gasteiger charge is 2.19. The van der Waals surface area contributed by atoms with Gasteiger partial charge in [0, 0.05) is 10.4 Å². The van der Waals surface area contributed by atoms with E-state index in [0.29, 0.717) is 5.69 Å². The summed E-state index contributed by atoms with van der Waals surface area (Å²) in [5.74, 6) is -2.52. The number of fused-ring (bicyclic) bond motifs is 1. The zero-order valence-electron chi connectivity index (χ0n) is 11.5. The van der Waals surface area contributed by atoms with E-state index >= 15 is 0 Å². The highest BCUT2D eigenvalue weighted by molar-refractivity contribution is 7.92. The van der Waals surface area contributed by atoms with Gasteiger partial charge in [-0.3, -0.25) is 4.72 Å². The molecule has 0 aliphatic carbocycles. The largest absolute Gasteiger partial charge is 0.478 e. The Bertz CT molecular complexity index is 1010. The van der Waals surface area contributed by atoms with Gasteiger partial charge in [0.2, 0.25) is 0 Å². The van der Waals surface area contributed by atoms with Crippen LogP contribution in [-0.2, 0) is 10.0 Å². The average molecular weight is 351 g/mol. The number of benzene rings is 2. The molecule has 2 N–H and O–H groups in total. The molecule has 0 unspecified atom stereocenters. The Kier molecular flexibility index (Phi) is 3.78. The maximum absolute atomic E-state index is 13.4. The van der Waals surface area contributed by atoms with E-state index in [2.05, 4.69) is 4.72 Å². The molecule has 0 bridgehead atoms. The summed E-state index contributed by atoms with van der Waals surface area (Å²) in [6.07, 6.45) is 0. The van der Waals surface area contributed by atoms with E-state index in [4.69, 9.17) is 5.11 Å². The van der Waals surface area contributed by atoms with Crippen LogP contribution in [0.4, 0.5) is 10.1 Å². The normalized spacial score (nSPS) is 11.5. The van der Waals surface area contributed by atoms with Crippen LogP contribution in [0.3, 0.4) is 0 Å². The topological polar surface area (TPSA) is 83.5 Å². The van der Waals surface area contributed by atoms with Crippen molar-refractivity contribution in [1.82, 2.24) is 0 Å². The smallest absolute Gasteiger partial charge is 0.338 e. The third kappa shape index (κ3) is 3.03. The summed E-state index contributed by atoms with van der Waals surface area (Å²) < 4.78 is 41.4. The van der Waals surface area contributed by atoms with Crippen molar-refractivity contribution in [3.8, 4) is 0 Å². The van der Waals surface area contributed by atoms with Gasteiger partial charge in [-0.1, -0.05) is 0 Å². The fraction of sp³-hybridized carbons (Fsp3) is 0. The minimum atomic E-state index is -4.01. The van der Waals surface area contributed by atoms with Gasteiger partial charge in [-0.2, -0.15) is 0 Å². The van der Waals surface area contributed by atoms with Crippen LogP contribution in [0, 0.1) is 5.82 Å². The Hall–Kier alpha value is -2.45. The van der Waals surface area contributed by atoms with E-state index < -0.39 is 27.4 Å². The molecule has 0 aliphatic heterocycles. The van der Waals surface area contributed by atoms with Crippen molar-refractivity contribution in [1.29, 1.82) is 0 Å². The quantitative estimate of drug-likeness (QED) is 0.753. The van der Waals surface area contributed by atoms with Gasteiger partial charge in [-0.15, -0.1) is 11.3 Å². The lowest BCUT2D eigenvalue weighted by molar-refractivity contribution is 0.0691. The van der Waals surface area contributed by atoms with E-state index in [-0.39, 0.29) is 4.90 Å². The van der Waals surface area contributed by atoms with Crippen molar-refractivity contribution in [3.05, 3.63) is 59.2 Å². The van der Waals surface area contributed by atoms with Crippen molar-refractivity contribution in [2.75, 3.05) is 4.72 Å². The zero-order chi connectivity index (χ0) is 16.6. The Morgan fingerprint density at radius 2 is 1.91 bits per heavy atom. The Balaban J connectivity index is 1.98. The van der Waals surface area contributed by atoms with Gasteiger partial charge >= 0.3 is 5.97 Å². The number of carbonyl (C=O) groups is 1. The molecule has 1 heterocycles. The third-order valence-electron chi connectivity index (χ3n) is 3.18. The first kappa shape index (κ1) is 15.4. The molecular weight excluding hydrogens is 341 g/mol. The highest BCUT2D eigenvalue weighted by Crippen LogP contribution is 2.26. The van der Waals surface area contributed by atoms with Crippen LogP contribution in [0.15, 0.2) is 52.7 Å². The van der Waals surface area contributed by atoms with Crippen molar-refractivity contribution in [2.24, 2.45) is 0 Å². The maximum Gasteiger partial charge on any atom is 0.338 e. The summed E-state index contributed by atoms with van der Waals surface area (Å²) in [5.41, 5.74) is -0.349. The molecule has 23 heavy (non-hydrogen) atoms. The standard InChI is InChI=1S/C15H10FNO4S2/c16-13-3-2-11(8-12(13)15(18)19)23(20,21)17-10-1-4-14-9(7-10)5-6-22-14/h1-8,17H,(H,18,19). The number of carboxylic acids is 1. The molecule has 0 saturated heterocycles. The van der Waals surface area contributed by atoms with E-state index in [9.17, 15) is 17.6 Å². The first-order valence-electron chi connectivity index (χ1n) is 6.40. The predicted molar refractivity (Wildman–Crippen MR) is 86.0 cm³/mol. The molecule has 0 radical (unpaired) electrons. The molecule has 0 spiro atoms. The molecule has 0 amide bonds. The SMILES string of the molecule is O=C(O)c1cc(S(=O)(=O)Nc2ccc3sccc3c2)ccc1F. The number of aromatic carboxylic acids is 1. The van der Waals surface area contributed by atoms with Gasteiger partial charge in [0.15, 0.2) is 0 Å². The van der Waals surface area contributed by atoms with Crippen LogP contribution in [-0.4, -0.2) is 19.5 Å². The summed E-state index contributed by atoms with van der Waals surface area (Å²) >= 11 is 1.53. The lowest BCUT2D eigenvalue weighted by Crippen LogP contribution is -2.14. The number of rotatable bonds is 4. The molecule has 0 fully saturated rings. The van der Waals surface area contributed by atoms with Crippen molar-refractivity contribution in [3.63, 3.8) is 0 Å². The molecule has 118 valence electrons. The van der Waals surface area contributed by atoms with Gasteiger partial charge < -0.3 is 5.11 Å². The van der Waals surface area contributed by atoms with Crippen LogP contribution in [0.5, 0.6) is 0 Å². The Morgan fingerprint density at radius 1 is 1.13 bits per heavy atom. The monoisotopic (exact) mass is 351 g/mol. The van der Waals surface area contributed by atoms with Gasteiger partial charge in [-0.25, -0.2) is 17.6 Å². The van der Waals surface area contributed by atoms with Crippen LogP contribution in [0.25, 0.3) is 10.1 Å². The minimum Gasteiger partial charge on any atom is -0.478 e. The number of carboxylic acid groups (broad SMARTS) is 1. The van der Waals surface area contributed by atoms with Crippen LogP contribution >= 0.6 is 11.3 Å². The third-order valence-corrected chi connectivity index (χ3v) is 5.46. The van der Waals surface area contributed by atoms with Crippen molar-refractivity contribution < 1.29 is 22.7 Å². The predicted octanol–water partition coefficient (Wildman–Crippen LogP) is 3.54. The molecular formula is C15H10FNO4S2. The first-order valence-corrected chi connectivity index (χ1v) is 8.76. The van der Waals surface area contributed by atoms with Crippen molar-refractivity contribution >= 4 is 43.1 Å². The number of halogens is 1. The fourth-order valence-electron chi connectivity index (χ4n) is 2.08. The van der Waals surface area contributed by atoms with E-state index in [1.54, 1.807) is 18.2 Å². The number of sulfonamides is 1. The summed E-state index contributed by atoms with van der Waals surface area (Å²) in [5, 5.41) is 11.7. The molecule has 3 aromatic rings. The van der Waals surface area contributed by atoms with E-state index in [0.717, 1.165) is 28.3 Å². The molecule has 0 saturated carbocycles. The molecule has 1 aromatic heterocycles. The zero-order valence-corrected chi connectivity index (χ0v) is 13.1. The lowest BCUT2D eigenvalue weighted by atomic mass is 10.2. The number of nitrogens with one attached hydrogen (secondary N) is 1. The Labute approximate surface area is 135 Å².